The Morgan fingerprint density at radius 3 is 2.69 bits per heavy atom. The van der Waals surface area contributed by atoms with Crippen LogP contribution in [0.3, 0.4) is 0 Å². The highest BCUT2D eigenvalue weighted by Crippen LogP contribution is 2.41. The normalized spacial score (nSPS) is 21.7. The summed E-state index contributed by atoms with van der Waals surface area (Å²) in [5, 5.41) is 11.0. The van der Waals surface area contributed by atoms with Crippen LogP contribution in [-0.2, 0) is 4.79 Å². The summed E-state index contributed by atoms with van der Waals surface area (Å²) in [5.41, 5.74) is 3.22. The highest BCUT2D eigenvalue weighted by atomic mass is 16.2. The molecule has 7 nitrogen and oxygen atoms in total. The maximum atomic E-state index is 13.6. The Hall–Kier alpha value is -3.48. The fraction of sp³-hybridized carbons (Fsp3) is 0.360. The van der Waals surface area contributed by atoms with Gasteiger partial charge in [0.1, 0.15) is 5.82 Å². The predicted molar refractivity (Wildman–Crippen MR) is 126 cm³/mol. The quantitative estimate of drug-likeness (QED) is 0.729. The van der Waals surface area contributed by atoms with E-state index in [0.29, 0.717) is 6.54 Å². The van der Waals surface area contributed by atoms with Crippen molar-refractivity contribution < 1.29 is 4.79 Å². The second-order valence-electron chi connectivity index (χ2n) is 8.76. The van der Waals surface area contributed by atoms with Crippen molar-refractivity contribution in [1.82, 2.24) is 20.2 Å². The number of hydrogen-bond acceptors (Lipinski definition) is 6. The lowest BCUT2D eigenvalue weighted by Crippen LogP contribution is -2.54. The van der Waals surface area contributed by atoms with Crippen LogP contribution in [0.5, 0.6) is 0 Å². The van der Waals surface area contributed by atoms with E-state index in [-0.39, 0.29) is 11.3 Å². The van der Waals surface area contributed by atoms with Gasteiger partial charge in [-0.1, -0.05) is 18.2 Å². The molecule has 0 atom stereocenters. The molecule has 7 heteroatoms. The number of dihydropyridines is 1. The van der Waals surface area contributed by atoms with E-state index in [1.807, 2.05) is 59.8 Å². The highest BCUT2D eigenvalue weighted by molar-refractivity contribution is 5.86. The number of fused-ring (bicyclic) bond motifs is 1. The molecular formula is C25H28N6O. The number of nitrogens with zero attached hydrogens (tertiary/aromatic N) is 4. The van der Waals surface area contributed by atoms with Crippen molar-refractivity contribution in [3.8, 4) is 0 Å². The van der Waals surface area contributed by atoms with Crippen LogP contribution in [0.15, 0.2) is 66.2 Å². The van der Waals surface area contributed by atoms with E-state index >= 15 is 0 Å². The van der Waals surface area contributed by atoms with Crippen molar-refractivity contribution in [3.63, 3.8) is 0 Å². The Morgan fingerprint density at radius 1 is 1.12 bits per heavy atom. The molecule has 5 rings (SSSR count). The van der Waals surface area contributed by atoms with E-state index in [2.05, 4.69) is 15.2 Å². The molecule has 1 aromatic carbocycles. The maximum absolute atomic E-state index is 13.6. The van der Waals surface area contributed by atoms with E-state index in [1.165, 1.54) is 6.21 Å². The zero-order valence-electron chi connectivity index (χ0n) is 18.1. The first kappa shape index (κ1) is 20.4. The molecule has 2 fully saturated rings. The lowest BCUT2D eigenvalue weighted by molar-refractivity contribution is -0.147. The zero-order chi connectivity index (χ0) is 22.0. The number of allylic oxidation sites excluding steroid dienone is 3. The van der Waals surface area contributed by atoms with Gasteiger partial charge >= 0.3 is 0 Å². The van der Waals surface area contributed by atoms with Gasteiger partial charge in [0, 0.05) is 49.9 Å². The number of rotatable bonds is 4. The van der Waals surface area contributed by atoms with Crippen LogP contribution in [0, 0.1) is 10.8 Å². The number of piperidine rings is 2. The van der Waals surface area contributed by atoms with Gasteiger partial charge in [-0.2, -0.15) is 0 Å². The number of benzene rings is 1. The van der Waals surface area contributed by atoms with Crippen molar-refractivity contribution in [2.24, 2.45) is 5.41 Å². The largest absolute Gasteiger partial charge is 0.361 e. The summed E-state index contributed by atoms with van der Waals surface area (Å²) in [6.45, 7) is 2.84. The number of amides is 1. The summed E-state index contributed by atoms with van der Waals surface area (Å²) in [6, 6.07) is 7.91. The number of hydrogen-bond donors (Lipinski definition) is 2. The predicted octanol–water partition coefficient (Wildman–Crippen LogP) is 3.42. The molecular weight excluding hydrogens is 400 g/mol. The Balaban J connectivity index is 1.29. The number of carbonyl (C=O) groups is 1. The molecule has 2 saturated heterocycles. The second-order valence-corrected chi connectivity index (χ2v) is 8.76. The Labute approximate surface area is 188 Å². The zero-order valence-corrected chi connectivity index (χ0v) is 18.1. The van der Waals surface area contributed by atoms with Crippen LogP contribution < -0.4 is 10.2 Å². The van der Waals surface area contributed by atoms with E-state index in [0.717, 1.165) is 73.4 Å². The SMILES string of the molecule is N=C/C(CN1CCCC2(CCN(c3cnc4ccccc4n3)CC2)C1=O)=C1/C=CC=CN1. The van der Waals surface area contributed by atoms with Gasteiger partial charge in [0.2, 0.25) is 5.91 Å². The minimum Gasteiger partial charge on any atom is -0.361 e. The fourth-order valence-corrected chi connectivity index (χ4v) is 5.04. The van der Waals surface area contributed by atoms with Gasteiger partial charge < -0.3 is 20.5 Å². The molecule has 3 aliphatic heterocycles. The molecule has 0 aliphatic carbocycles. The molecule has 164 valence electrons. The number of nitrogens with one attached hydrogen (secondary N) is 2. The van der Waals surface area contributed by atoms with Gasteiger partial charge in [-0.05, 0) is 50.0 Å². The molecule has 1 aromatic heterocycles. The van der Waals surface area contributed by atoms with Crippen LogP contribution in [0.4, 0.5) is 5.82 Å². The van der Waals surface area contributed by atoms with Crippen LogP contribution >= 0.6 is 0 Å². The maximum Gasteiger partial charge on any atom is 0.229 e. The summed E-state index contributed by atoms with van der Waals surface area (Å²) in [5.74, 6) is 1.13. The third-order valence-electron chi connectivity index (χ3n) is 6.90. The van der Waals surface area contributed by atoms with E-state index < -0.39 is 0 Å². The van der Waals surface area contributed by atoms with Gasteiger partial charge in [0.05, 0.1) is 22.6 Å². The van der Waals surface area contributed by atoms with E-state index in [9.17, 15) is 4.79 Å². The van der Waals surface area contributed by atoms with Gasteiger partial charge in [0.15, 0.2) is 0 Å². The van der Waals surface area contributed by atoms with Gasteiger partial charge in [-0.15, -0.1) is 0 Å². The summed E-state index contributed by atoms with van der Waals surface area (Å²) in [7, 11) is 0. The van der Waals surface area contributed by atoms with Gasteiger partial charge in [-0.25, -0.2) is 4.98 Å². The number of likely N-dealkylation sites (tertiary alicyclic amines) is 1. The second kappa shape index (κ2) is 8.57. The van der Waals surface area contributed by atoms with Crippen LogP contribution in [0.2, 0.25) is 0 Å². The standard InChI is InChI=1S/C25H28N6O/c26-16-19(20-6-3-4-12-27-20)18-31-13-5-9-25(24(31)32)10-14-30(15-11-25)23-17-28-21-7-1-2-8-22(21)29-23/h1-4,6-8,12,16-17,26-27H,5,9-11,13-15,18H2/b20-19+,26-16?. The lowest BCUT2D eigenvalue weighted by atomic mass is 9.71. The number of para-hydroxylation sites is 2. The first-order valence-electron chi connectivity index (χ1n) is 11.3. The third-order valence-corrected chi connectivity index (χ3v) is 6.90. The minimum atomic E-state index is -0.299. The van der Waals surface area contributed by atoms with Gasteiger partial charge in [-0.3, -0.25) is 9.78 Å². The van der Waals surface area contributed by atoms with Crippen molar-refractivity contribution in [3.05, 3.63) is 66.2 Å². The highest BCUT2D eigenvalue weighted by Gasteiger charge is 2.45. The number of carbonyl (C=O) groups excluding carboxylic acids is 1. The molecule has 2 N–H and O–H groups in total. The molecule has 0 bridgehead atoms. The lowest BCUT2D eigenvalue weighted by Gasteiger charge is -2.46. The Kier molecular flexibility index (Phi) is 5.47. The molecule has 0 saturated carbocycles. The summed E-state index contributed by atoms with van der Waals surface area (Å²) >= 11 is 0. The van der Waals surface area contributed by atoms with Crippen molar-refractivity contribution >= 4 is 29.0 Å². The van der Waals surface area contributed by atoms with Crippen molar-refractivity contribution in [2.75, 3.05) is 31.1 Å². The molecule has 2 aromatic rings. The molecule has 32 heavy (non-hydrogen) atoms. The summed E-state index contributed by atoms with van der Waals surface area (Å²) in [4.78, 5) is 27.1. The van der Waals surface area contributed by atoms with Crippen LogP contribution in [0.25, 0.3) is 11.0 Å². The van der Waals surface area contributed by atoms with Crippen LogP contribution in [-0.4, -0.2) is 53.2 Å². The average Bonchev–Trinajstić information content (AvgIpc) is 2.86. The minimum absolute atomic E-state index is 0.239. The fourth-order valence-electron chi connectivity index (χ4n) is 5.04. The smallest absolute Gasteiger partial charge is 0.229 e. The summed E-state index contributed by atoms with van der Waals surface area (Å²) < 4.78 is 0. The van der Waals surface area contributed by atoms with Gasteiger partial charge in [0.25, 0.3) is 0 Å². The first-order chi connectivity index (χ1) is 15.7. The first-order valence-corrected chi connectivity index (χ1v) is 11.3. The van der Waals surface area contributed by atoms with Crippen molar-refractivity contribution in [1.29, 1.82) is 5.41 Å². The monoisotopic (exact) mass is 428 g/mol. The van der Waals surface area contributed by atoms with Crippen molar-refractivity contribution in [2.45, 2.75) is 25.7 Å². The topological polar surface area (TPSA) is 85.2 Å². The Morgan fingerprint density at radius 2 is 1.94 bits per heavy atom. The molecule has 3 aliphatic rings. The Bertz CT molecular complexity index is 1130. The number of anilines is 1. The van der Waals surface area contributed by atoms with E-state index in [4.69, 9.17) is 10.4 Å². The molecule has 1 amide bonds. The number of aromatic nitrogens is 2. The summed E-state index contributed by atoms with van der Waals surface area (Å²) in [6.07, 6.45) is 14.5. The van der Waals surface area contributed by atoms with Crippen LogP contribution in [0.1, 0.15) is 25.7 Å². The molecule has 0 unspecified atom stereocenters. The average molecular weight is 429 g/mol. The molecule has 0 radical (unpaired) electrons. The molecule has 4 heterocycles. The molecule has 1 spiro atoms. The third kappa shape index (κ3) is 3.79. The van der Waals surface area contributed by atoms with E-state index in [1.54, 1.807) is 0 Å².